The summed E-state index contributed by atoms with van der Waals surface area (Å²) in [5, 5.41) is 7.92. The zero-order chi connectivity index (χ0) is 10.8. The molecule has 1 aliphatic carbocycles. The number of fused-ring (bicyclic) bond motifs is 1. The fourth-order valence-corrected chi connectivity index (χ4v) is 3.00. The Labute approximate surface area is 100 Å². The third-order valence-corrected chi connectivity index (χ3v) is 3.92. The minimum absolute atomic E-state index is 0.601. The molecule has 1 nitrogen and oxygen atoms in total. The van der Waals surface area contributed by atoms with Gasteiger partial charge in [-0.2, -0.15) is 11.3 Å². The number of thiophene rings is 1. The normalized spacial score (nSPS) is 19.1. The van der Waals surface area contributed by atoms with Crippen molar-refractivity contribution in [2.75, 3.05) is 5.32 Å². The summed E-state index contributed by atoms with van der Waals surface area (Å²) in [5.74, 6) is 0. The smallest absolute Gasteiger partial charge is 0.0451 e. The first kappa shape index (κ1) is 9.91. The summed E-state index contributed by atoms with van der Waals surface area (Å²) in [6.07, 6.45) is 3.61. The van der Waals surface area contributed by atoms with Crippen LogP contribution in [0.4, 0.5) is 5.69 Å². The number of hydrogen-bond acceptors (Lipinski definition) is 2. The molecule has 1 aromatic carbocycles. The molecule has 16 heavy (non-hydrogen) atoms. The van der Waals surface area contributed by atoms with Gasteiger partial charge >= 0.3 is 0 Å². The molecule has 2 aromatic rings. The number of anilines is 1. The molecule has 1 N–H and O–H groups in total. The zero-order valence-corrected chi connectivity index (χ0v) is 9.96. The summed E-state index contributed by atoms with van der Waals surface area (Å²) >= 11 is 1.75. The van der Waals surface area contributed by atoms with Crippen LogP contribution in [-0.2, 0) is 12.8 Å². The van der Waals surface area contributed by atoms with Gasteiger partial charge in [0.2, 0.25) is 0 Å². The van der Waals surface area contributed by atoms with Crippen LogP contribution < -0.4 is 5.32 Å². The average molecular weight is 229 g/mol. The highest BCUT2D eigenvalue weighted by atomic mass is 32.1. The molecule has 1 heterocycles. The van der Waals surface area contributed by atoms with E-state index in [1.165, 1.54) is 29.7 Å². The van der Waals surface area contributed by atoms with Crippen molar-refractivity contribution in [3.63, 3.8) is 0 Å². The van der Waals surface area contributed by atoms with E-state index in [1.54, 1.807) is 11.3 Å². The van der Waals surface area contributed by atoms with E-state index in [2.05, 4.69) is 46.4 Å². The van der Waals surface area contributed by atoms with E-state index in [0.29, 0.717) is 6.04 Å². The van der Waals surface area contributed by atoms with E-state index >= 15 is 0 Å². The second-order valence-corrected chi connectivity index (χ2v) is 5.14. The van der Waals surface area contributed by atoms with Crippen LogP contribution in [-0.4, -0.2) is 6.04 Å². The van der Waals surface area contributed by atoms with E-state index in [0.717, 1.165) is 6.42 Å². The Morgan fingerprint density at radius 1 is 1.12 bits per heavy atom. The fraction of sp³-hybridized carbons (Fsp3) is 0.286. The maximum atomic E-state index is 3.61. The summed E-state index contributed by atoms with van der Waals surface area (Å²) in [6, 6.07) is 11.6. The second-order valence-electron chi connectivity index (χ2n) is 4.36. The topological polar surface area (TPSA) is 12.0 Å². The van der Waals surface area contributed by atoms with Gasteiger partial charge in [0.05, 0.1) is 0 Å². The Morgan fingerprint density at radius 2 is 2.00 bits per heavy atom. The van der Waals surface area contributed by atoms with Crippen molar-refractivity contribution in [2.45, 2.75) is 25.3 Å². The predicted molar refractivity (Wildman–Crippen MR) is 70.2 cm³/mol. The SMILES string of the molecule is c1ccc2c(c1)CCC(Nc1ccsc1)C2. The second kappa shape index (κ2) is 4.30. The zero-order valence-electron chi connectivity index (χ0n) is 9.15. The highest BCUT2D eigenvalue weighted by Crippen LogP contribution is 2.24. The van der Waals surface area contributed by atoms with E-state index in [1.807, 2.05) is 0 Å². The maximum Gasteiger partial charge on any atom is 0.0451 e. The van der Waals surface area contributed by atoms with Gasteiger partial charge in [-0.1, -0.05) is 24.3 Å². The van der Waals surface area contributed by atoms with Crippen LogP contribution in [0.15, 0.2) is 41.1 Å². The van der Waals surface area contributed by atoms with Crippen molar-refractivity contribution in [1.82, 2.24) is 0 Å². The molecule has 0 spiro atoms. The van der Waals surface area contributed by atoms with Gasteiger partial charge in [0.25, 0.3) is 0 Å². The van der Waals surface area contributed by atoms with Crippen molar-refractivity contribution in [3.8, 4) is 0 Å². The monoisotopic (exact) mass is 229 g/mol. The number of benzene rings is 1. The van der Waals surface area contributed by atoms with Gasteiger partial charge in [-0.15, -0.1) is 0 Å². The van der Waals surface area contributed by atoms with Crippen LogP contribution in [0, 0.1) is 0 Å². The number of hydrogen-bond donors (Lipinski definition) is 1. The van der Waals surface area contributed by atoms with E-state index in [-0.39, 0.29) is 0 Å². The van der Waals surface area contributed by atoms with Crippen LogP contribution in [0.3, 0.4) is 0 Å². The number of nitrogens with one attached hydrogen (secondary N) is 1. The summed E-state index contributed by atoms with van der Waals surface area (Å²) in [7, 11) is 0. The molecule has 1 atom stereocenters. The molecule has 0 bridgehead atoms. The molecule has 0 radical (unpaired) electrons. The number of aryl methyl sites for hydroxylation is 1. The Morgan fingerprint density at radius 3 is 2.81 bits per heavy atom. The molecule has 1 unspecified atom stereocenters. The van der Waals surface area contributed by atoms with Gasteiger partial charge in [0.1, 0.15) is 0 Å². The van der Waals surface area contributed by atoms with Crippen LogP contribution in [0.2, 0.25) is 0 Å². The largest absolute Gasteiger partial charge is 0.381 e. The summed E-state index contributed by atoms with van der Waals surface area (Å²) in [4.78, 5) is 0. The third kappa shape index (κ3) is 1.98. The van der Waals surface area contributed by atoms with Crippen LogP contribution in [0.1, 0.15) is 17.5 Å². The van der Waals surface area contributed by atoms with Gasteiger partial charge in [-0.3, -0.25) is 0 Å². The molecule has 2 heteroatoms. The fourth-order valence-electron chi connectivity index (χ4n) is 2.40. The lowest BCUT2D eigenvalue weighted by atomic mass is 9.88. The van der Waals surface area contributed by atoms with Crippen LogP contribution in [0.5, 0.6) is 0 Å². The molecule has 0 aliphatic heterocycles. The lowest BCUT2D eigenvalue weighted by Gasteiger charge is -2.25. The highest BCUT2D eigenvalue weighted by molar-refractivity contribution is 7.08. The van der Waals surface area contributed by atoms with E-state index in [9.17, 15) is 0 Å². The van der Waals surface area contributed by atoms with Gasteiger partial charge in [0.15, 0.2) is 0 Å². The first-order valence-electron chi connectivity index (χ1n) is 5.77. The molecule has 0 fully saturated rings. The lowest BCUT2D eigenvalue weighted by molar-refractivity contribution is 0.611. The molecule has 82 valence electrons. The van der Waals surface area contributed by atoms with Crippen molar-refractivity contribution in [1.29, 1.82) is 0 Å². The van der Waals surface area contributed by atoms with Crippen molar-refractivity contribution in [2.24, 2.45) is 0 Å². The first-order valence-corrected chi connectivity index (χ1v) is 6.71. The quantitative estimate of drug-likeness (QED) is 0.827. The highest BCUT2D eigenvalue weighted by Gasteiger charge is 2.17. The molecule has 1 aliphatic rings. The summed E-state index contributed by atoms with van der Waals surface area (Å²) in [5.41, 5.74) is 4.32. The third-order valence-electron chi connectivity index (χ3n) is 3.24. The minimum atomic E-state index is 0.601. The maximum absolute atomic E-state index is 3.61. The van der Waals surface area contributed by atoms with Gasteiger partial charge < -0.3 is 5.32 Å². The van der Waals surface area contributed by atoms with Crippen molar-refractivity contribution >= 4 is 17.0 Å². The predicted octanol–water partition coefficient (Wildman–Crippen LogP) is 3.72. The average Bonchev–Trinajstić information content (AvgIpc) is 2.82. The summed E-state index contributed by atoms with van der Waals surface area (Å²) < 4.78 is 0. The Hall–Kier alpha value is -1.28. The van der Waals surface area contributed by atoms with E-state index in [4.69, 9.17) is 0 Å². The molecular weight excluding hydrogens is 214 g/mol. The molecular formula is C14H15NS. The van der Waals surface area contributed by atoms with Gasteiger partial charge in [0, 0.05) is 17.1 Å². The van der Waals surface area contributed by atoms with Crippen LogP contribution in [0.25, 0.3) is 0 Å². The lowest BCUT2D eigenvalue weighted by Crippen LogP contribution is -2.26. The first-order chi connectivity index (χ1) is 7.92. The minimum Gasteiger partial charge on any atom is -0.381 e. The molecule has 1 aromatic heterocycles. The van der Waals surface area contributed by atoms with E-state index < -0.39 is 0 Å². The standard InChI is InChI=1S/C14H15NS/c1-2-4-12-9-13(6-5-11(12)3-1)15-14-7-8-16-10-14/h1-4,7-8,10,13,15H,5-6,9H2. The number of rotatable bonds is 2. The Kier molecular flexibility index (Phi) is 2.66. The molecule has 0 amide bonds. The van der Waals surface area contributed by atoms with Crippen LogP contribution >= 0.6 is 11.3 Å². The van der Waals surface area contributed by atoms with Gasteiger partial charge in [-0.25, -0.2) is 0 Å². The van der Waals surface area contributed by atoms with Crippen molar-refractivity contribution in [3.05, 3.63) is 52.2 Å². The Bertz CT molecular complexity index is 461. The molecule has 0 saturated carbocycles. The molecule has 0 saturated heterocycles. The Balaban J connectivity index is 1.73. The van der Waals surface area contributed by atoms with Gasteiger partial charge in [-0.05, 0) is 41.8 Å². The summed E-state index contributed by atoms with van der Waals surface area (Å²) in [6.45, 7) is 0. The molecule has 3 rings (SSSR count). The van der Waals surface area contributed by atoms with Crippen molar-refractivity contribution < 1.29 is 0 Å².